The van der Waals surface area contributed by atoms with Crippen LogP contribution in [0.3, 0.4) is 0 Å². The molecule has 1 saturated carbocycles. The second kappa shape index (κ2) is 6.02. The zero-order chi connectivity index (χ0) is 11.2. The molecule has 1 unspecified atom stereocenters. The quantitative estimate of drug-likeness (QED) is 0.794. The highest BCUT2D eigenvalue weighted by Crippen LogP contribution is 2.23. The van der Waals surface area contributed by atoms with Gasteiger partial charge in [0.1, 0.15) is 0 Å². The molecule has 1 aliphatic rings. The Hall–Kier alpha value is -0.860. The topological polar surface area (TPSA) is 21.3 Å². The van der Waals surface area contributed by atoms with Crippen LogP contribution in [0.2, 0.25) is 0 Å². The lowest BCUT2D eigenvalue weighted by Crippen LogP contribution is -2.30. The smallest absolute Gasteiger partial charge is 0.0665 e. The summed E-state index contributed by atoms with van der Waals surface area (Å²) >= 11 is 0. The molecule has 2 heteroatoms. The summed E-state index contributed by atoms with van der Waals surface area (Å²) in [7, 11) is 0. The SMILES string of the molecule is CCNC(COC1CCC1)c1ccccc1. The molecule has 1 aromatic carbocycles. The third-order valence-electron chi connectivity index (χ3n) is 3.20. The van der Waals surface area contributed by atoms with Crippen molar-refractivity contribution in [3.05, 3.63) is 35.9 Å². The molecule has 1 aliphatic carbocycles. The monoisotopic (exact) mass is 219 g/mol. The molecule has 0 spiro atoms. The first-order valence-corrected chi connectivity index (χ1v) is 6.30. The molecule has 0 radical (unpaired) electrons. The number of hydrogen-bond acceptors (Lipinski definition) is 2. The fourth-order valence-corrected chi connectivity index (χ4v) is 1.97. The van der Waals surface area contributed by atoms with Gasteiger partial charge in [-0.25, -0.2) is 0 Å². The fourth-order valence-electron chi connectivity index (χ4n) is 1.97. The molecule has 0 saturated heterocycles. The van der Waals surface area contributed by atoms with E-state index in [9.17, 15) is 0 Å². The van der Waals surface area contributed by atoms with Crippen molar-refractivity contribution in [3.8, 4) is 0 Å². The Balaban J connectivity index is 1.88. The zero-order valence-corrected chi connectivity index (χ0v) is 9.99. The van der Waals surface area contributed by atoms with Crippen molar-refractivity contribution >= 4 is 0 Å². The second-order valence-corrected chi connectivity index (χ2v) is 4.41. The second-order valence-electron chi connectivity index (χ2n) is 4.41. The molecule has 2 rings (SSSR count). The van der Waals surface area contributed by atoms with Crippen LogP contribution in [0.1, 0.15) is 37.8 Å². The molecule has 1 atom stereocenters. The van der Waals surface area contributed by atoms with Crippen molar-refractivity contribution in [2.75, 3.05) is 13.2 Å². The summed E-state index contributed by atoms with van der Waals surface area (Å²) in [6.07, 6.45) is 4.34. The Kier molecular flexibility index (Phi) is 4.37. The van der Waals surface area contributed by atoms with Gasteiger partial charge in [-0.15, -0.1) is 0 Å². The van der Waals surface area contributed by atoms with Gasteiger partial charge in [-0.3, -0.25) is 0 Å². The van der Waals surface area contributed by atoms with Gasteiger partial charge in [-0.1, -0.05) is 37.3 Å². The average Bonchev–Trinajstić information content (AvgIpc) is 2.27. The lowest BCUT2D eigenvalue weighted by atomic mass is 9.96. The van der Waals surface area contributed by atoms with Gasteiger partial charge in [-0.05, 0) is 31.4 Å². The number of nitrogens with one attached hydrogen (secondary N) is 1. The number of benzene rings is 1. The van der Waals surface area contributed by atoms with Crippen molar-refractivity contribution in [3.63, 3.8) is 0 Å². The highest BCUT2D eigenvalue weighted by Gasteiger charge is 2.20. The van der Waals surface area contributed by atoms with Crippen LogP contribution in [0, 0.1) is 0 Å². The maximum absolute atomic E-state index is 5.88. The number of likely N-dealkylation sites (N-methyl/N-ethyl adjacent to an activating group) is 1. The first kappa shape index (κ1) is 11.6. The number of ether oxygens (including phenoxy) is 1. The summed E-state index contributed by atoms with van der Waals surface area (Å²) < 4.78 is 5.88. The van der Waals surface area contributed by atoms with Crippen molar-refractivity contribution in [1.82, 2.24) is 5.32 Å². The standard InChI is InChI=1S/C14H21NO/c1-2-15-14(11-16-13-9-6-10-13)12-7-4-3-5-8-12/h3-5,7-8,13-15H,2,6,9-11H2,1H3. The molecule has 0 amide bonds. The third-order valence-corrected chi connectivity index (χ3v) is 3.20. The third kappa shape index (κ3) is 3.06. The Bertz CT molecular complexity index is 295. The van der Waals surface area contributed by atoms with Gasteiger partial charge in [0.05, 0.1) is 18.8 Å². The lowest BCUT2D eigenvalue weighted by molar-refractivity contribution is -0.00860. The minimum absolute atomic E-state index is 0.340. The Morgan fingerprint density at radius 2 is 2.06 bits per heavy atom. The van der Waals surface area contributed by atoms with Crippen LogP contribution in [0.4, 0.5) is 0 Å². The molecule has 0 bridgehead atoms. The molecule has 1 aromatic rings. The van der Waals surface area contributed by atoms with Gasteiger partial charge >= 0.3 is 0 Å². The van der Waals surface area contributed by atoms with E-state index in [0.29, 0.717) is 12.1 Å². The molecular formula is C14H21NO. The first-order valence-electron chi connectivity index (χ1n) is 6.30. The lowest BCUT2D eigenvalue weighted by Gasteiger charge is -2.28. The summed E-state index contributed by atoms with van der Waals surface area (Å²) in [5.74, 6) is 0. The summed E-state index contributed by atoms with van der Waals surface area (Å²) in [5, 5.41) is 3.48. The number of rotatable bonds is 6. The van der Waals surface area contributed by atoms with E-state index in [2.05, 4.69) is 42.6 Å². The summed E-state index contributed by atoms with van der Waals surface area (Å²) in [6, 6.07) is 10.9. The van der Waals surface area contributed by atoms with E-state index in [1.165, 1.54) is 24.8 Å². The number of hydrogen-bond donors (Lipinski definition) is 1. The Morgan fingerprint density at radius 3 is 2.62 bits per heavy atom. The molecule has 1 fully saturated rings. The highest BCUT2D eigenvalue weighted by atomic mass is 16.5. The van der Waals surface area contributed by atoms with E-state index in [4.69, 9.17) is 4.74 Å². The minimum atomic E-state index is 0.340. The zero-order valence-electron chi connectivity index (χ0n) is 9.99. The Morgan fingerprint density at radius 1 is 1.31 bits per heavy atom. The van der Waals surface area contributed by atoms with Crippen LogP contribution in [0.5, 0.6) is 0 Å². The van der Waals surface area contributed by atoms with Gasteiger partial charge in [0.25, 0.3) is 0 Å². The van der Waals surface area contributed by atoms with Crippen LogP contribution >= 0.6 is 0 Å². The first-order chi connectivity index (χ1) is 7.90. The van der Waals surface area contributed by atoms with Crippen LogP contribution < -0.4 is 5.32 Å². The van der Waals surface area contributed by atoms with Crippen LogP contribution in [-0.4, -0.2) is 19.3 Å². The van der Waals surface area contributed by atoms with Gasteiger partial charge in [0.15, 0.2) is 0 Å². The average molecular weight is 219 g/mol. The molecule has 0 aliphatic heterocycles. The highest BCUT2D eigenvalue weighted by molar-refractivity contribution is 5.18. The van der Waals surface area contributed by atoms with Crippen LogP contribution in [0.25, 0.3) is 0 Å². The molecule has 88 valence electrons. The van der Waals surface area contributed by atoms with Gasteiger partial charge in [0, 0.05) is 0 Å². The summed E-state index contributed by atoms with van der Waals surface area (Å²) in [6.45, 7) is 3.91. The van der Waals surface area contributed by atoms with E-state index in [1.54, 1.807) is 0 Å². The van der Waals surface area contributed by atoms with Crippen LogP contribution in [-0.2, 0) is 4.74 Å². The molecule has 2 nitrogen and oxygen atoms in total. The summed E-state index contributed by atoms with van der Waals surface area (Å²) in [5.41, 5.74) is 1.32. The minimum Gasteiger partial charge on any atom is -0.376 e. The van der Waals surface area contributed by atoms with E-state index >= 15 is 0 Å². The Labute approximate surface area is 98.0 Å². The van der Waals surface area contributed by atoms with E-state index in [-0.39, 0.29) is 0 Å². The van der Waals surface area contributed by atoms with E-state index in [1.807, 2.05) is 0 Å². The maximum Gasteiger partial charge on any atom is 0.0665 e. The fraction of sp³-hybridized carbons (Fsp3) is 0.571. The maximum atomic E-state index is 5.88. The molecule has 1 N–H and O–H groups in total. The van der Waals surface area contributed by atoms with Crippen molar-refractivity contribution < 1.29 is 4.74 Å². The van der Waals surface area contributed by atoms with Gasteiger partial charge < -0.3 is 10.1 Å². The van der Waals surface area contributed by atoms with E-state index in [0.717, 1.165) is 13.2 Å². The molecule has 16 heavy (non-hydrogen) atoms. The van der Waals surface area contributed by atoms with Crippen LogP contribution in [0.15, 0.2) is 30.3 Å². The van der Waals surface area contributed by atoms with E-state index < -0.39 is 0 Å². The largest absolute Gasteiger partial charge is 0.376 e. The molecular weight excluding hydrogens is 198 g/mol. The van der Waals surface area contributed by atoms with Crippen molar-refractivity contribution in [1.29, 1.82) is 0 Å². The predicted octanol–water partition coefficient (Wildman–Crippen LogP) is 2.91. The summed E-state index contributed by atoms with van der Waals surface area (Å²) in [4.78, 5) is 0. The normalized spacial score (nSPS) is 18.1. The molecule has 0 heterocycles. The predicted molar refractivity (Wildman–Crippen MR) is 66.5 cm³/mol. The van der Waals surface area contributed by atoms with Gasteiger partial charge in [-0.2, -0.15) is 0 Å². The van der Waals surface area contributed by atoms with Crippen molar-refractivity contribution in [2.45, 2.75) is 38.3 Å². The van der Waals surface area contributed by atoms with Crippen molar-refractivity contribution in [2.24, 2.45) is 0 Å². The molecule has 0 aromatic heterocycles. The van der Waals surface area contributed by atoms with Gasteiger partial charge in [0.2, 0.25) is 0 Å².